The van der Waals surface area contributed by atoms with Crippen LogP contribution in [0.1, 0.15) is 44.2 Å². The Kier molecular flexibility index (Phi) is 4.09. The van der Waals surface area contributed by atoms with Crippen molar-refractivity contribution in [2.45, 2.75) is 50.7 Å². The van der Waals surface area contributed by atoms with Gasteiger partial charge in [-0.2, -0.15) is 0 Å². The Balaban J connectivity index is 1.96. The largest absolute Gasteiger partial charge is 0.508 e. The SMILES string of the molecule is CC(NC1CCC(N)CC1)c1cc(O)cc(O)c1. The highest BCUT2D eigenvalue weighted by Gasteiger charge is 2.20. The van der Waals surface area contributed by atoms with Crippen molar-refractivity contribution in [3.05, 3.63) is 23.8 Å². The summed E-state index contributed by atoms with van der Waals surface area (Å²) >= 11 is 0. The molecule has 1 aliphatic rings. The highest BCUT2D eigenvalue weighted by Crippen LogP contribution is 2.26. The van der Waals surface area contributed by atoms with Crippen LogP contribution in [0, 0.1) is 0 Å². The average Bonchev–Trinajstić information content (AvgIpc) is 2.31. The molecule has 1 aliphatic carbocycles. The van der Waals surface area contributed by atoms with Crippen LogP contribution in [0.15, 0.2) is 18.2 Å². The minimum atomic E-state index is 0.101. The van der Waals surface area contributed by atoms with Crippen molar-refractivity contribution in [3.63, 3.8) is 0 Å². The zero-order valence-electron chi connectivity index (χ0n) is 10.8. The van der Waals surface area contributed by atoms with Gasteiger partial charge in [0.2, 0.25) is 0 Å². The van der Waals surface area contributed by atoms with E-state index >= 15 is 0 Å². The fraction of sp³-hybridized carbons (Fsp3) is 0.571. The van der Waals surface area contributed by atoms with E-state index in [9.17, 15) is 10.2 Å². The summed E-state index contributed by atoms with van der Waals surface area (Å²) in [4.78, 5) is 0. The standard InChI is InChI=1S/C14H22N2O2/c1-9(10-6-13(17)8-14(18)7-10)16-12-4-2-11(15)3-5-12/h6-9,11-12,16-18H,2-5,15H2,1H3. The van der Waals surface area contributed by atoms with Crippen LogP contribution in [-0.2, 0) is 0 Å². The van der Waals surface area contributed by atoms with Gasteiger partial charge in [0, 0.05) is 24.2 Å². The fourth-order valence-electron chi connectivity index (χ4n) is 2.60. The molecule has 1 aromatic carbocycles. The molecule has 0 aromatic heterocycles. The molecule has 2 rings (SSSR count). The summed E-state index contributed by atoms with van der Waals surface area (Å²) in [6, 6.07) is 5.66. The van der Waals surface area contributed by atoms with Crippen molar-refractivity contribution in [1.29, 1.82) is 0 Å². The van der Waals surface area contributed by atoms with Crippen LogP contribution in [0.2, 0.25) is 0 Å². The molecule has 0 bridgehead atoms. The molecule has 0 saturated heterocycles. The first-order valence-electron chi connectivity index (χ1n) is 6.59. The second-order valence-electron chi connectivity index (χ2n) is 5.28. The zero-order chi connectivity index (χ0) is 13.1. The highest BCUT2D eigenvalue weighted by molar-refractivity contribution is 5.37. The lowest BCUT2D eigenvalue weighted by Crippen LogP contribution is -2.38. The molecule has 1 fully saturated rings. The Morgan fingerprint density at radius 1 is 1.11 bits per heavy atom. The number of benzene rings is 1. The molecule has 5 N–H and O–H groups in total. The van der Waals surface area contributed by atoms with E-state index in [2.05, 4.69) is 5.32 Å². The predicted octanol–water partition coefficient (Wildman–Crippen LogP) is 2.02. The molecular weight excluding hydrogens is 228 g/mol. The average molecular weight is 250 g/mol. The van der Waals surface area contributed by atoms with Gasteiger partial charge in [-0.25, -0.2) is 0 Å². The Morgan fingerprint density at radius 2 is 1.67 bits per heavy atom. The summed E-state index contributed by atoms with van der Waals surface area (Å²) in [5.74, 6) is 0.202. The zero-order valence-corrected chi connectivity index (χ0v) is 10.8. The van der Waals surface area contributed by atoms with Gasteiger partial charge in [0.25, 0.3) is 0 Å². The van der Waals surface area contributed by atoms with Crippen LogP contribution in [0.25, 0.3) is 0 Å². The first-order chi connectivity index (χ1) is 8.54. The van der Waals surface area contributed by atoms with Crippen molar-refractivity contribution in [2.24, 2.45) is 5.73 Å². The van der Waals surface area contributed by atoms with Crippen molar-refractivity contribution in [2.75, 3.05) is 0 Å². The minimum absolute atomic E-state index is 0.101. The molecule has 18 heavy (non-hydrogen) atoms. The third-order valence-electron chi connectivity index (χ3n) is 3.68. The van der Waals surface area contributed by atoms with E-state index in [1.54, 1.807) is 12.1 Å². The molecule has 1 unspecified atom stereocenters. The summed E-state index contributed by atoms with van der Waals surface area (Å²) in [5.41, 5.74) is 6.79. The minimum Gasteiger partial charge on any atom is -0.508 e. The molecule has 1 saturated carbocycles. The van der Waals surface area contributed by atoms with Crippen molar-refractivity contribution in [1.82, 2.24) is 5.32 Å². The number of nitrogens with two attached hydrogens (primary N) is 1. The molecule has 0 spiro atoms. The number of rotatable bonds is 3. The topological polar surface area (TPSA) is 78.5 Å². The fourth-order valence-corrected chi connectivity index (χ4v) is 2.60. The molecule has 4 nitrogen and oxygen atoms in total. The summed E-state index contributed by atoms with van der Waals surface area (Å²) in [6.45, 7) is 2.04. The quantitative estimate of drug-likeness (QED) is 0.662. The number of phenolic OH excluding ortho intramolecular Hbond substituents is 2. The Morgan fingerprint density at radius 3 is 2.22 bits per heavy atom. The maximum atomic E-state index is 9.48. The van der Waals surface area contributed by atoms with Crippen LogP contribution in [0.5, 0.6) is 11.5 Å². The van der Waals surface area contributed by atoms with Crippen LogP contribution in [-0.4, -0.2) is 22.3 Å². The molecular formula is C14H22N2O2. The van der Waals surface area contributed by atoms with Crippen molar-refractivity contribution < 1.29 is 10.2 Å². The van der Waals surface area contributed by atoms with Gasteiger partial charge in [-0.15, -0.1) is 0 Å². The second-order valence-corrected chi connectivity index (χ2v) is 5.28. The normalized spacial score (nSPS) is 25.9. The molecule has 1 aromatic rings. The van der Waals surface area contributed by atoms with Gasteiger partial charge in [0.05, 0.1) is 0 Å². The molecule has 1 atom stereocenters. The van der Waals surface area contributed by atoms with Crippen LogP contribution in [0.4, 0.5) is 0 Å². The van der Waals surface area contributed by atoms with E-state index in [0.29, 0.717) is 12.1 Å². The number of phenols is 2. The third-order valence-corrected chi connectivity index (χ3v) is 3.68. The van der Waals surface area contributed by atoms with Gasteiger partial charge in [-0.05, 0) is 50.3 Å². The van der Waals surface area contributed by atoms with E-state index in [1.807, 2.05) is 6.92 Å². The van der Waals surface area contributed by atoms with E-state index in [0.717, 1.165) is 31.2 Å². The van der Waals surface area contributed by atoms with Gasteiger partial charge >= 0.3 is 0 Å². The monoisotopic (exact) mass is 250 g/mol. The summed E-state index contributed by atoms with van der Waals surface area (Å²) < 4.78 is 0. The smallest absolute Gasteiger partial charge is 0.119 e. The number of hydrogen-bond donors (Lipinski definition) is 4. The first kappa shape index (κ1) is 13.2. The predicted molar refractivity (Wildman–Crippen MR) is 71.6 cm³/mol. The van der Waals surface area contributed by atoms with Crippen LogP contribution >= 0.6 is 0 Å². The Hall–Kier alpha value is -1.26. The maximum absolute atomic E-state index is 9.48. The van der Waals surface area contributed by atoms with Crippen molar-refractivity contribution >= 4 is 0 Å². The molecule has 0 radical (unpaired) electrons. The maximum Gasteiger partial charge on any atom is 0.119 e. The van der Waals surface area contributed by atoms with Crippen LogP contribution in [0.3, 0.4) is 0 Å². The second kappa shape index (κ2) is 5.59. The number of aromatic hydroxyl groups is 2. The Labute approximate surface area is 108 Å². The molecule has 0 amide bonds. The molecule has 0 aliphatic heterocycles. The van der Waals surface area contributed by atoms with Crippen LogP contribution < -0.4 is 11.1 Å². The summed E-state index contributed by atoms with van der Waals surface area (Å²) in [7, 11) is 0. The van der Waals surface area contributed by atoms with E-state index < -0.39 is 0 Å². The van der Waals surface area contributed by atoms with E-state index in [-0.39, 0.29) is 17.5 Å². The third kappa shape index (κ3) is 3.37. The first-order valence-corrected chi connectivity index (χ1v) is 6.59. The van der Waals surface area contributed by atoms with Gasteiger partial charge in [-0.1, -0.05) is 0 Å². The summed E-state index contributed by atoms with van der Waals surface area (Å²) in [5, 5.41) is 22.5. The lowest BCUT2D eigenvalue weighted by Gasteiger charge is -2.29. The van der Waals surface area contributed by atoms with Gasteiger partial charge in [0.1, 0.15) is 11.5 Å². The molecule has 4 heteroatoms. The van der Waals surface area contributed by atoms with E-state index in [1.165, 1.54) is 6.07 Å². The molecule has 100 valence electrons. The lowest BCUT2D eigenvalue weighted by atomic mass is 9.91. The van der Waals surface area contributed by atoms with Gasteiger partial charge in [0.15, 0.2) is 0 Å². The van der Waals surface area contributed by atoms with Gasteiger partial charge < -0.3 is 21.3 Å². The number of nitrogens with one attached hydrogen (secondary N) is 1. The highest BCUT2D eigenvalue weighted by atomic mass is 16.3. The van der Waals surface area contributed by atoms with Crippen molar-refractivity contribution in [3.8, 4) is 11.5 Å². The van der Waals surface area contributed by atoms with E-state index in [4.69, 9.17) is 5.73 Å². The summed E-state index contributed by atoms with van der Waals surface area (Å²) in [6.07, 6.45) is 4.32. The van der Waals surface area contributed by atoms with Gasteiger partial charge in [-0.3, -0.25) is 0 Å². The Bertz CT molecular complexity index is 381. The molecule has 0 heterocycles. The number of hydrogen-bond acceptors (Lipinski definition) is 4. The lowest BCUT2D eigenvalue weighted by molar-refractivity contribution is 0.321.